The monoisotopic (exact) mass is 390 g/mol. The molecule has 3 heterocycles. The van der Waals surface area contributed by atoms with Gasteiger partial charge in [0, 0.05) is 39.5 Å². The number of carbonyl (C=O) groups is 2. The maximum atomic E-state index is 12.8. The lowest BCUT2D eigenvalue weighted by atomic mass is 10.0. The zero-order valence-electron chi connectivity index (χ0n) is 16.2. The summed E-state index contributed by atoms with van der Waals surface area (Å²) in [5, 5.41) is 7.78. The Bertz CT molecular complexity index is 830. The number of hydrogen-bond acceptors (Lipinski definition) is 5. The number of likely N-dealkylation sites (tertiary alicyclic amines) is 1. The van der Waals surface area contributed by atoms with E-state index in [-0.39, 0.29) is 23.9 Å². The van der Waals surface area contributed by atoms with Gasteiger partial charge >= 0.3 is 6.03 Å². The molecule has 2 N–H and O–H groups in total. The molecule has 0 aromatic carbocycles. The third-order valence-electron chi connectivity index (χ3n) is 4.71. The van der Waals surface area contributed by atoms with Crippen molar-refractivity contribution in [2.75, 3.05) is 18.4 Å². The molecule has 9 heteroatoms. The van der Waals surface area contributed by atoms with Crippen LogP contribution in [0.15, 0.2) is 12.4 Å². The molecule has 0 bridgehead atoms. The minimum Gasteiger partial charge on any atom is -0.351 e. The highest BCUT2D eigenvalue weighted by Gasteiger charge is 2.39. The molecular formula is C18H26N6O2S. The summed E-state index contributed by atoms with van der Waals surface area (Å²) in [7, 11) is 1.92. The molecule has 1 aliphatic rings. The molecule has 0 spiro atoms. The number of thiazole rings is 1. The van der Waals surface area contributed by atoms with E-state index in [4.69, 9.17) is 0 Å². The fraction of sp³-hybridized carbons (Fsp3) is 0.556. The summed E-state index contributed by atoms with van der Waals surface area (Å²) in [5.74, 6) is 0.713. The zero-order chi connectivity index (χ0) is 19.6. The van der Waals surface area contributed by atoms with Crippen molar-refractivity contribution in [2.24, 2.45) is 7.05 Å². The van der Waals surface area contributed by atoms with Crippen LogP contribution in [0.2, 0.25) is 0 Å². The lowest BCUT2D eigenvalue weighted by Crippen LogP contribution is -2.40. The van der Waals surface area contributed by atoms with Crippen LogP contribution in [0.3, 0.4) is 0 Å². The molecule has 0 radical (unpaired) electrons. The second-order valence-corrected chi connectivity index (χ2v) is 8.00. The smallest absolute Gasteiger partial charge is 0.322 e. The average molecular weight is 391 g/mol. The van der Waals surface area contributed by atoms with Crippen molar-refractivity contribution in [3.63, 3.8) is 0 Å². The predicted molar refractivity (Wildman–Crippen MR) is 105 cm³/mol. The highest BCUT2D eigenvalue weighted by Crippen LogP contribution is 2.29. The maximum absolute atomic E-state index is 12.8. The predicted octanol–water partition coefficient (Wildman–Crippen LogP) is 2.27. The molecule has 3 amide bonds. The number of imidazole rings is 1. The van der Waals surface area contributed by atoms with Crippen molar-refractivity contribution >= 4 is 28.3 Å². The highest BCUT2D eigenvalue weighted by atomic mass is 32.1. The Balaban J connectivity index is 1.73. The van der Waals surface area contributed by atoms with E-state index in [1.807, 2.05) is 24.7 Å². The van der Waals surface area contributed by atoms with Crippen molar-refractivity contribution in [1.29, 1.82) is 0 Å². The van der Waals surface area contributed by atoms with E-state index in [2.05, 4.69) is 27.5 Å². The lowest BCUT2D eigenvalue weighted by molar-refractivity contribution is -0.119. The van der Waals surface area contributed by atoms with E-state index in [0.717, 1.165) is 34.4 Å². The first kappa shape index (κ1) is 19.3. The largest absolute Gasteiger partial charge is 0.351 e. The molecule has 8 nitrogen and oxygen atoms in total. The summed E-state index contributed by atoms with van der Waals surface area (Å²) in [6.45, 7) is 6.46. The minimum absolute atomic E-state index is 0.0436. The maximum Gasteiger partial charge on any atom is 0.322 e. The van der Waals surface area contributed by atoms with Gasteiger partial charge in [-0.1, -0.05) is 6.92 Å². The number of aryl methyl sites for hydroxylation is 3. The summed E-state index contributed by atoms with van der Waals surface area (Å²) in [6, 6.07) is -0.329. The number of carbonyl (C=O) groups excluding carboxylic acids is 2. The molecule has 27 heavy (non-hydrogen) atoms. The molecule has 2 atom stereocenters. The Kier molecular flexibility index (Phi) is 5.79. The Morgan fingerprint density at radius 3 is 2.78 bits per heavy atom. The molecule has 1 saturated heterocycles. The number of urea groups is 1. The molecule has 1 fully saturated rings. The highest BCUT2D eigenvalue weighted by molar-refractivity contribution is 7.16. The van der Waals surface area contributed by atoms with E-state index in [1.165, 1.54) is 18.3 Å². The molecule has 3 rings (SSSR count). The van der Waals surface area contributed by atoms with Gasteiger partial charge in [0.2, 0.25) is 5.91 Å². The van der Waals surface area contributed by atoms with Gasteiger partial charge in [-0.05, 0) is 19.8 Å². The summed E-state index contributed by atoms with van der Waals surface area (Å²) in [4.78, 5) is 35.1. The van der Waals surface area contributed by atoms with Crippen LogP contribution in [-0.4, -0.2) is 50.5 Å². The number of amides is 3. The molecule has 2 aromatic rings. The van der Waals surface area contributed by atoms with Crippen molar-refractivity contribution in [3.05, 3.63) is 28.9 Å². The summed E-state index contributed by atoms with van der Waals surface area (Å²) < 4.78 is 1.94. The first-order chi connectivity index (χ1) is 12.9. The van der Waals surface area contributed by atoms with Gasteiger partial charge in [-0.15, -0.1) is 11.3 Å². The number of nitrogens with zero attached hydrogens (tertiary/aromatic N) is 4. The van der Waals surface area contributed by atoms with Crippen LogP contribution < -0.4 is 10.6 Å². The number of hydrogen-bond donors (Lipinski definition) is 2. The Morgan fingerprint density at radius 2 is 2.15 bits per heavy atom. The van der Waals surface area contributed by atoms with Crippen LogP contribution in [0.1, 0.15) is 42.7 Å². The second kappa shape index (κ2) is 8.08. The third kappa shape index (κ3) is 4.29. The van der Waals surface area contributed by atoms with Crippen molar-refractivity contribution in [3.8, 4) is 0 Å². The molecular weight excluding hydrogens is 364 g/mol. The first-order valence-corrected chi connectivity index (χ1v) is 9.97. The number of rotatable bonds is 5. The lowest BCUT2D eigenvalue weighted by Gasteiger charge is -2.18. The molecule has 0 unspecified atom stereocenters. The topological polar surface area (TPSA) is 92.2 Å². The quantitative estimate of drug-likeness (QED) is 0.819. The first-order valence-electron chi connectivity index (χ1n) is 9.15. The van der Waals surface area contributed by atoms with E-state index < -0.39 is 0 Å². The second-order valence-electron chi connectivity index (χ2n) is 6.92. The van der Waals surface area contributed by atoms with Crippen LogP contribution >= 0.6 is 11.3 Å². The van der Waals surface area contributed by atoms with Gasteiger partial charge in [-0.25, -0.2) is 14.8 Å². The van der Waals surface area contributed by atoms with Crippen LogP contribution in [0.4, 0.5) is 9.80 Å². The Hall–Kier alpha value is -2.42. The normalized spacial score (nSPS) is 19.3. The number of nitrogens with one attached hydrogen (secondary N) is 2. The van der Waals surface area contributed by atoms with Crippen LogP contribution in [0, 0.1) is 6.92 Å². The van der Waals surface area contributed by atoms with Crippen LogP contribution in [-0.2, 0) is 18.3 Å². The molecule has 2 aromatic heterocycles. The van der Waals surface area contributed by atoms with Gasteiger partial charge in [0.1, 0.15) is 10.8 Å². The van der Waals surface area contributed by atoms with Crippen LogP contribution in [0.25, 0.3) is 0 Å². The zero-order valence-corrected chi connectivity index (χ0v) is 17.0. The molecule has 0 saturated carbocycles. The summed E-state index contributed by atoms with van der Waals surface area (Å²) >= 11 is 1.53. The van der Waals surface area contributed by atoms with Gasteiger partial charge in [0.15, 0.2) is 0 Å². The summed E-state index contributed by atoms with van der Waals surface area (Å²) in [6.07, 6.45) is 5.55. The fourth-order valence-electron chi connectivity index (χ4n) is 3.44. The van der Waals surface area contributed by atoms with Gasteiger partial charge in [0.05, 0.1) is 22.7 Å². The molecule has 0 aliphatic carbocycles. The summed E-state index contributed by atoms with van der Waals surface area (Å²) in [5.41, 5.74) is 0.843. The standard InChI is InChI=1S/C18H26N6O2S/c1-5-6-15-20-11(2)17(27-15)22-18(26)24-9-13(14(10-24)21-12(3)25)16-19-7-8-23(16)4/h7-8,13-14H,5-6,9-10H2,1-4H3,(H,21,25)(H,22,26)/t13-,14-/m1/s1. The average Bonchev–Trinajstić information content (AvgIpc) is 3.27. The van der Waals surface area contributed by atoms with E-state index in [0.29, 0.717) is 13.1 Å². The number of aromatic nitrogens is 3. The number of anilines is 1. The van der Waals surface area contributed by atoms with Gasteiger partial charge in [-0.2, -0.15) is 0 Å². The SMILES string of the molecule is CCCc1nc(C)c(NC(=O)N2C[C@@H](NC(C)=O)[C@H](c3nccn3C)C2)s1. The molecule has 1 aliphatic heterocycles. The fourth-order valence-corrected chi connectivity index (χ4v) is 4.49. The van der Waals surface area contributed by atoms with E-state index in [9.17, 15) is 9.59 Å². The van der Waals surface area contributed by atoms with Crippen molar-refractivity contribution in [2.45, 2.75) is 45.6 Å². The van der Waals surface area contributed by atoms with E-state index in [1.54, 1.807) is 11.1 Å². The van der Waals surface area contributed by atoms with Gasteiger partial charge < -0.3 is 14.8 Å². The Labute approximate surface area is 163 Å². The van der Waals surface area contributed by atoms with Crippen LogP contribution in [0.5, 0.6) is 0 Å². The van der Waals surface area contributed by atoms with Crippen molar-refractivity contribution in [1.82, 2.24) is 24.8 Å². The minimum atomic E-state index is -0.170. The van der Waals surface area contributed by atoms with E-state index >= 15 is 0 Å². The third-order valence-corrected chi connectivity index (χ3v) is 5.84. The van der Waals surface area contributed by atoms with Gasteiger partial charge in [-0.3, -0.25) is 10.1 Å². The molecule has 146 valence electrons. The van der Waals surface area contributed by atoms with Crippen molar-refractivity contribution < 1.29 is 9.59 Å². The van der Waals surface area contributed by atoms with Gasteiger partial charge in [0.25, 0.3) is 0 Å². The Morgan fingerprint density at radius 1 is 1.37 bits per heavy atom.